The van der Waals surface area contributed by atoms with E-state index in [1.54, 1.807) is 16.9 Å². The highest BCUT2D eigenvalue weighted by Gasteiger charge is 2.31. The normalized spacial score (nSPS) is 15.3. The average Bonchev–Trinajstić information content (AvgIpc) is 3.00. The summed E-state index contributed by atoms with van der Waals surface area (Å²) in [6, 6.07) is 21.5. The molecule has 0 saturated heterocycles. The second-order valence-corrected chi connectivity index (χ2v) is 7.75. The number of carbonyl (C=O) groups excluding carboxylic acids is 1. The lowest BCUT2D eigenvalue weighted by Gasteiger charge is -2.30. The lowest BCUT2D eigenvalue weighted by atomic mass is 9.77. The summed E-state index contributed by atoms with van der Waals surface area (Å²) in [6.45, 7) is 4.54. The Labute approximate surface area is 154 Å². The van der Waals surface area contributed by atoms with Gasteiger partial charge in [0.15, 0.2) is 0 Å². The summed E-state index contributed by atoms with van der Waals surface area (Å²) in [7, 11) is 0. The van der Waals surface area contributed by atoms with Gasteiger partial charge in [-0.15, -0.1) is 0 Å². The Morgan fingerprint density at radius 1 is 1.00 bits per heavy atom. The minimum atomic E-state index is -0.329. The minimum Gasteiger partial charge on any atom is -0.331 e. The first kappa shape index (κ1) is 16.6. The standard InChI is InChI=1S/C23H23NO2/c1-23(2)14-13-19-15-20(17-9-5-3-6-10-17)24(21(19)16-23)26-22(25)18-11-7-4-8-12-18/h3-12,15H,13-14,16H2,1-2H3. The van der Waals surface area contributed by atoms with Gasteiger partial charge in [-0.05, 0) is 48.4 Å². The molecule has 1 aliphatic carbocycles. The number of hydrogen-bond acceptors (Lipinski definition) is 2. The first-order valence-electron chi connectivity index (χ1n) is 9.10. The third kappa shape index (κ3) is 3.17. The molecule has 1 aliphatic rings. The molecular weight excluding hydrogens is 322 g/mol. The molecule has 26 heavy (non-hydrogen) atoms. The molecule has 3 heteroatoms. The highest BCUT2D eigenvalue weighted by atomic mass is 16.7. The number of nitrogens with zero attached hydrogens (tertiary/aromatic N) is 1. The van der Waals surface area contributed by atoms with Crippen molar-refractivity contribution in [1.82, 2.24) is 4.73 Å². The molecule has 0 unspecified atom stereocenters. The van der Waals surface area contributed by atoms with Gasteiger partial charge in [-0.3, -0.25) is 0 Å². The molecule has 1 heterocycles. The molecule has 0 aliphatic heterocycles. The van der Waals surface area contributed by atoms with Crippen LogP contribution in [-0.2, 0) is 12.8 Å². The molecule has 4 rings (SSSR count). The van der Waals surface area contributed by atoms with E-state index in [9.17, 15) is 4.79 Å². The Morgan fingerprint density at radius 3 is 2.35 bits per heavy atom. The number of rotatable bonds is 3. The van der Waals surface area contributed by atoms with Crippen LogP contribution in [0.4, 0.5) is 0 Å². The molecule has 0 N–H and O–H groups in total. The van der Waals surface area contributed by atoms with Crippen LogP contribution in [0.1, 0.15) is 41.9 Å². The largest absolute Gasteiger partial charge is 0.363 e. The Balaban J connectivity index is 1.78. The highest BCUT2D eigenvalue weighted by molar-refractivity contribution is 5.89. The topological polar surface area (TPSA) is 31.2 Å². The quantitative estimate of drug-likeness (QED) is 0.673. The molecule has 3 nitrogen and oxygen atoms in total. The molecule has 0 bridgehead atoms. The SMILES string of the molecule is CC1(C)CCc2cc(-c3ccccc3)n(OC(=O)c3ccccc3)c2C1. The summed E-state index contributed by atoms with van der Waals surface area (Å²) >= 11 is 0. The van der Waals surface area contributed by atoms with E-state index in [0.29, 0.717) is 5.56 Å². The zero-order chi connectivity index (χ0) is 18.1. The van der Waals surface area contributed by atoms with Crippen molar-refractivity contribution in [2.75, 3.05) is 0 Å². The fraction of sp³-hybridized carbons (Fsp3) is 0.261. The van der Waals surface area contributed by atoms with Gasteiger partial charge >= 0.3 is 5.97 Å². The predicted octanol–water partition coefficient (Wildman–Crippen LogP) is 4.94. The monoisotopic (exact) mass is 345 g/mol. The lowest BCUT2D eigenvalue weighted by Crippen LogP contribution is -2.28. The average molecular weight is 345 g/mol. The Bertz CT molecular complexity index is 924. The van der Waals surface area contributed by atoms with E-state index in [1.807, 2.05) is 36.4 Å². The number of hydrogen-bond donors (Lipinski definition) is 0. The van der Waals surface area contributed by atoms with E-state index in [0.717, 1.165) is 36.2 Å². The molecule has 0 atom stereocenters. The van der Waals surface area contributed by atoms with E-state index in [2.05, 4.69) is 32.0 Å². The van der Waals surface area contributed by atoms with Gasteiger partial charge in [0.1, 0.15) is 0 Å². The van der Waals surface area contributed by atoms with Crippen LogP contribution in [0.15, 0.2) is 66.7 Å². The third-order valence-electron chi connectivity index (χ3n) is 5.12. The van der Waals surface area contributed by atoms with Gasteiger partial charge < -0.3 is 4.84 Å². The fourth-order valence-corrected chi connectivity index (χ4v) is 3.62. The van der Waals surface area contributed by atoms with Gasteiger partial charge in [0, 0.05) is 5.56 Å². The summed E-state index contributed by atoms with van der Waals surface area (Å²) in [6.07, 6.45) is 3.06. The lowest BCUT2D eigenvalue weighted by molar-refractivity contribution is 0.0446. The molecule has 0 fully saturated rings. The first-order chi connectivity index (χ1) is 12.5. The zero-order valence-corrected chi connectivity index (χ0v) is 15.2. The number of carbonyl (C=O) groups is 1. The Hall–Kier alpha value is -2.81. The smallest absolute Gasteiger partial charge is 0.331 e. The maximum absolute atomic E-state index is 12.7. The molecular formula is C23H23NO2. The van der Waals surface area contributed by atoms with Crippen LogP contribution in [0.5, 0.6) is 0 Å². The van der Waals surface area contributed by atoms with Crippen LogP contribution in [-0.4, -0.2) is 10.7 Å². The molecule has 1 aromatic heterocycles. The highest BCUT2D eigenvalue weighted by Crippen LogP contribution is 2.38. The fourth-order valence-electron chi connectivity index (χ4n) is 3.62. The Kier molecular flexibility index (Phi) is 4.15. The van der Waals surface area contributed by atoms with Gasteiger partial charge in [0.05, 0.1) is 17.0 Å². The van der Waals surface area contributed by atoms with E-state index in [1.165, 1.54) is 5.56 Å². The first-order valence-corrected chi connectivity index (χ1v) is 9.10. The van der Waals surface area contributed by atoms with Crippen LogP contribution in [0.3, 0.4) is 0 Å². The van der Waals surface area contributed by atoms with Gasteiger partial charge in [0.25, 0.3) is 0 Å². The maximum Gasteiger partial charge on any atom is 0.363 e. The second-order valence-electron chi connectivity index (χ2n) is 7.75. The summed E-state index contributed by atoms with van der Waals surface area (Å²) in [4.78, 5) is 18.6. The van der Waals surface area contributed by atoms with Crippen molar-refractivity contribution < 1.29 is 9.63 Å². The molecule has 0 spiro atoms. The van der Waals surface area contributed by atoms with E-state index >= 15 is 0 Å². The van der Waals surface area contributed by atoms with Crippen molar-refractivity contribution in [3.8, 4) is 11.3 Å². The number of fused-ring (bicyclic) bond motifs is 1. The van der Waals surface area contributed by atoms with Crippen molar-refractivity contribution in [2.45, 2.75) is 33.1 Å². The van der Waals surface area contributed by atoms with Crippen LogP contribution < -0.4 is 4.84 Å². The summed E-state index contributed by atoms with van der Waals surface area (Å²) < 4.78 is 1.76. The summed E-state index contributed by atoms with van der Waals surface area (Å²) in [5.41, 5.74) is 5.16. The predicted molar refractivity (Wildman–Crippen MR) is 103 cm³/mol. The van der Waals surface area contributed by atoms with Gasteiger partial charge in [-0.25, -0.2) is 4.79 Å². The zero-order valence-electron chi connectivity index (χ0n) is 15.2. The van der Waals surface area contributed by atoms with Crippen LogP contribution in [0.25, 0.3) is 11.3 Å². The molecule has 132 valence electrons. The van der Waals surface area contributed by atoms with Crippen LogP contribution >= 0.6 is 0 Å². The molecule has 0 amide bonds. The number of aryl methyl sites for hydroxylation is 1. The van der Waals surface area contributed by atoms with E-state index in [-0.39, 0.29) is 11.4 Å². The van der Waals surface area contributed by atoms with Crippen molar-refractivity contribution in [3.63, 3.8) is 0 Å². The van der Waals surface area contributed by atoms with Crippen molar-refractivity contribution in [1.29, 1.82) is 0 Å². The second kappa shape index (κ2) is 6.49. The van der Waals surface area contributed by atoms with Crippen molar-refractivity contribution >= 4 is 5.97 Å². The molecule has 2 aromatic carbocycles. The van der Waals surface area contributed by atoms with Crippen molar-refractivity contribution in [3.05, 3.63) is 83.6 Å². The molecule has 0 saturated carbocycles. The maximum atomic E-state index is 12.7. The molecule has 3 aromatic rings. The molecule has 0 radical (unpaired) electrons. The van der Waals surface area contributed by atoms with Gasteiger partial charge in [-0.1, -0.05) is 62.4 Å². The van der Waals surface area contributed by atoms with Gasteiger partial charge in [0.2, 0.25) is 0 Å². The third-order valence-corrected chi connectivity index (χ3v) is 5.12. The van der Waals surface area contributed by atoms with Crippen LogP contribution in [0, 0.1) is 5.41 Å². The van der Waals surface area contributed by atoms with E-state index < -0.39 is 0 Å². The summed E-state index contributed by atoms with van der Waals surface area (Å²) in [5, 5.41) is 0. The minimum absolute atomic E-state index is 0.205. The van der Waals surface area contributed by atoms with E-state index in [4.69, 9.17) is 4.84 Å². The Morgan fingerprint density at radius 2 is 1.65 bits per heavy atom. The number of benzene rings is 2. The summed E-state index contributed by atoms with van der Waals surface area (Å²) in [5.74, 6) is -0.329. The number of aromatic nitrogens is 1. The van der Waals surface area contributed by atoms with Crippen molar-refractivity contribution in [2.24, 2.45) is 5.41 Å². The van der Waals surface area contributed by atoms with Crippen LogP contribution in [0.2, 0.25) is 0 Å². The van der Waals surface area contributed by atoms with Gasteiger partial charge in [-0.2, -0.15) is 4.73 Å².